The molecule has 7 atom stereocenters. The molecule has 1 aliphatic heterocycles. The van der Waals surface area contributed by atoms with E-state index in [1.165, 1.54) is 31.8 Å². The maximum absolute atomic E-state index is 11.2. The van der Waals surface area contributed by atoms with Crippen molar-refractivity contribution in [2.45, 2.75) is 37.8 Å². The van der Waals surface area contributed by atoms with Crippen LogP contribution in [0, 0.1) is 29.6 Å². The van der Waals surface area contributed by atoms with Gasteiger partial charge in [0.25, 0.3) is 0 Å². The minimum Gasteiger partial charge on any atom is -0.462 e. The van der Waals surface area contributed by atoms with E-state index in [2.05, 4.69) is 11.9 Å². The van der Waals surface area contributed by atoms with Crippen molar-refractivity contribution < 1.29 is 9.53 Å². The second-order valence-corrected chi connectivity index (χ2v) is 6.61. The van der Waals surface area contributed by atoms with Gasteiger partial charge in [-0.3, -0.25) is 0 Å². The van der Waals surface area contributed by atoms with Gasteiger partial charge in [-0.25, -0.2) is 4.79 Å². The molecule has 4 fully saturated rings. The van der Waals surface area contributed by atoms with Gasteiger partial charge in [-0.2, -0.15) is 0 Å². The van der Waals surface area contributed by atoms with Gasteiger partial charge >= 0.3 is 5.97 Å². The van der Waals surface area contributed by atoms with Crippen LogP contribution in [0.25, 0.3) is 0 Å². The van der Waals surface area contributed by atoms with Gasteiger partial charge in [0, 0.05) is 18.2 Å². The molecular formula is C15H21NO2. The van der Waals surface area contributed by atoms with Crippen molar-refractivity contribution in [3.05, 3.63) is 12.7 Å². The Bertz CT molecular complexity index is 394. The van der Waals surface area contributed by atoms with Gasteiger partial charge in [-0.1, -0.05) is 6.58 Å². The summed E-state index contributed by atoms with van der Waals surface area (Å²) in [5.41, 5.74) is 0. The zero-order valence-corrected chi connectivity index (χ0v) is 10.7. The quantitative estimate of drug-likeness (QED) is 0.469. The van der Waals surface area contributed by atoms with Crippen LogP contribution < -0.4 is 5.32 Å². The van der Waals surface area contributed by atoms with Gasteiger partial charge in [-0.05, 0) is 55.3 Å². The summed E-state index contributed by atoms with van der Waals surface area (Å²) in [7, 11) is 0. The first-order chi connectivity index (χ1) is 8.78. The second kappa shape index (κ2) is 3.83. The van der Waals surface area contributed by atoms with Gasteiger partial charge in [0.2, 0.25) is 0 Å². The third-order valence-electron chi connectivity index (χ3n) is 5.96. The third-order valence-corrected chi connectivity index (χ3v) is 5.96. The van der Waals surface area contributed by atoms with E-state index >= 15 is 0 Å². The van der Waals surface area contributed by atoms with Crippen molar-refractivity contribution in [2.75, 3.05) is 6.61 Å². The molecule has 2 bridgehead atoms. The lowest BCUT2D eigenvalue weighted by Gasteiger charge is -2.30. The predicted molar refractivity (Wildman–Crippen MR) is 67.8 cm³/mol. The minimum atomic E-state index is -0.263. The van der Waals surface area contributed by atoms with Crippen LogP contribution in [0.15, 0.2) is 12.7 Å². The molecule has 98 valence electrons. The van der Waals surface area contributed by atoms with Crippen molar-refractivity contribution >= 4 is 5.97 Å². The summed E-state index contributed by atoms with van der Waals surface area (Å²) in [6.45, 7) is 4.07. The molecule has 0 spiro atoms. The Balaban J connectivity index is 1.46. The van der Waals surface area contributed by atoms with Crippen molar-refractivity contribution in [2.24, 2.45) is 29.6 Å². The molecule has 18 heavy (non-hydrogen) atoms. The molecule has 3 nitrogen and oxygen atoms in total. The fourth-order valence-electron chi connectivity index (χ4n) is 5.21. The van der Waals surface area contributed by atoms with E-state index in [0.717, 1.165) is 35.8 Å². The molecule has 4 rings (SSSR count). The molecule has 0 aromatic rings. The third kappa shape index (κ3) is 1.49. The normalized spacial score (nSPS) is 51.4. The van der Waals surface area contributed by atoms with Crippen molar-refractivity contribution in [3.63, 3.8) is 0 Å². The summed E-state index contributed by atoms with van der Waals surface area (Å²) in [5.74, 6) is 3.97. The van der Waals surface area contributed by atoms with Gasteiger partial charge in [0.15, 0.2) is 0 Å². The number of ether oxygens (including phenoxy) is 1. The summed E-state index contributed by atoms with van der Waals surface area (Å²) in [4.78, 5) is 11.2. The van der Waals surface area contributed by atoms with Gasteiger partial charge in [0.1, 0.15) is 0 Å². The zero-order chi connectivity index (χ0) is 12.3. The Labute approximate surface area is 108 Å². The summed E-state index contributed by atoms with van der Waals surface area (Å²) < 4.78 is 5.30. The van der Waals surface area contributed by atoms with Crippen LogP contribution in [0.4, 0.5) is 0 Å². The molecule has 3 heteroatoms. The topological polar surface area (TPSA) is 48.2 Å². The summed E-state index contributed by atoms with van der Waals surface area (Å²) in [5, 5.41) is 3.62. The zero-order valence-electron chi connectivity index (χ0n) is 10.7. The van der Waals surface area contributed by atoms with E-state index in [4.69, 9.17) is 4.74 Å². The van der Waals surface area contributed by atoms with Crippen LogP contribution in [0.5, 0.6) is 0 Å². The Morgan fingerprint density at radius 2 is 2.22 bits per heavy atom. The van der Waals surface area contributed by atoms with Crippen LogP contribution in [-0.2, 0) is 9.53 Å². The maximum atomic E-state index is 11.2. The number of hydrogen-bond acceptors (Lipinski definition) is 3. The first kappa shape index (κ1) is 11.0. The molecule has 0 radical (unpaired) electrons. The maximum Gasteiger partial charge on any atom is 0.330 e. The number of nitrogens with one attached hydrogen (secondary N) is 1. The lowest BCUT2D eigenvalue weighted by molar-refractivity contribution is -0.140. The first-order valence-corrected chi connectivity index (χ1v) is 7.33. The SMILES string of the molecule is C=CC(=O)OCC1CCC2CC1C1C2CC2NC21. The standard InChI is InChI=1S/C15H21NO2/c1-2-13(17)18-7-9-4-3-8-5-10(9)14-11(8)6-12-15(14)16-12/h2,8-12,14-16H,1,3-7H2. The van der Waals surface area contributed by atoms with E-state index in [9.17, 15) is 4.79 Å². The molecule has 3 aliphatic carbocycles. The summed E-state index contributed by atoms with van der Waals surface area (Å²) in [6, 6.07) is 1.64. The highest BCUT2D eigenvalue weighted by atomic mass is 16.5. The lowest BCUT2D eigenvalue weighted by atomic mass is 9.77. The Hall–Kier alpha value is -0.830. The van der Waals surface area contributed by atoms with Crippen LogP contribution >= 0.6 is 0 Å². The molecule has 0 amide bonds. The minimum absolute atomic E-state index is 0.263. The fraction of sp³-hybridized carbons (Fsp3) is 0.800. The smallest absolute Gasteiger partial charge is 0.330 e. The number of hydrogen-bond donors (Lipinski definition) is 1. The molecule has 3 saturated carbocycles. The molecule has 7 unspecified atom stereocenters. The van der Waals surface area contributed by atoms with Crippen molar-refractivity contribution in [3.8, 4) is 0 Å². The molecule has 0 aromatic carbocycles. The average molecular weight is 247 g/mol. The van der Waals surface area contributed by atoms with Gasteiger partial charge in [0.05, 0.1) is 6.61 Å². The van der Waals surface area contributed by atoms with Crippen LogP contribution in [0.1, 0.15) is 25.7 Å². The van der Waals surface area contributed by atoms with Crippen LogP contribution in [0.2, 0.25) is 0 Å². The van der Waals surface area contributed by atoms with Crippen LogP contribution in [-0.4, -0.2) is 24.7 Å². The Morgan fingerprint density at radius 1 is 1.33 bits per heavy atom. The molecule has 0 aromatic heterocycles. The highest BCUT2D eigenvalue weighted by molar-refractivity contribution is 5.81. The number of rotatable bonds is 3. The predicted octanol–water partition coefficient (Wildman–Crippen LogP) is 1.74. The van der Waals surface area contributed by atoms with E-state index in [-0.39, 0.29) is 5.97 Å². The average Bonchev–Trinajstić information content (AvgIpc) is 2.97. The summed E-state index contributed by atoms with van der Waals surface area (Å²) in [6.07, 6.45) is 6.68. The first-order valence-electron chi connectivity index (χ1n) is 7.33. The molecule has 1 N–H and O–H groups in total. The number of esters is 1. The van der Waals surface area contributed by atoms with Gasteiger partial charge < -0.3 is 10.1 Å². The number of piperidine rings is 1. The number of carbonyl (C=O) groups excluding carboxylic acids is 1. The van der Waals surface area contributed by atoms with Gasteiger partial charge in [-0.15, -0.1) is 0 Å². The van der Waals surface area contributed by atoms with E-state index in [0.29, 0.717) is 12.5 Å². The van der Waals surface area contributed by atoms with E-state index in [1.54, 1.807) is 0 Å². The second-order valence-electron chi connectivity index (χ2n) is 6.61. The highest BCUT2D eigenvalue weighted by Crippen LogP contribution is 2.61. The van der Waals surface area contributed by atoms with E-state index in [1.807, 2.05) is 0 Å². The van der Waals surface area contributed by atoms with Crippen molar-refractivity contribution in [1.82, 2.24) is 5.32 Å². The molecule has 4 aliphatic rings. The van der Waals surface area contributed by atoms with E-state index < -0.39 is 0 Å². The molecular weight excluding hydrogens is 226 g/mol. The van der Waals surface area contributed by atoms with Crippen molar-refractivity contribution in [1.29, 1.82) is 0 Å². The molecule has 1 saturated heterocycles. The van der Waals surface area contributed by atoms with Crippen LogP contribution in [0.3, 0.4) is 0 Å². The fourth-order valence-corrected chi connectivity index (χ4v) is 5.21. The molecule has 1 heterocycles. The number of fused-ring (bicyclic) bond motifs is 7. The monoisotopic (exact) mass is 247 g/mol. The largest absolute Gasteiger partial charge is 0.462 e. The highest BCUT2D eigenvalue weighted by Gasteiger charge is 2.63. The lowest BCUT2D eigenvalue weighted by Crippen LogP contribution is -2.29. The Morgan fingerprint density at radius 3 is 3.06 bits per heavy atom. The Kier molecular flexibility index (Phi) is 2.35. The number of carbonyl (C=O) groups is 1. The summed E-state index contributed by atoms with van der Waals surface area (Å²) >= 11 is 0.